The van der Waals surface area contributed by atoms with Crippen LogP contribution < -0.4 is 9.64 Å². The Morgan fingerprint density at radius 1 is 1.03 bits per heavy atom. The summed E-state index contributed by atoms with van der Waals surface area (Å²) in [6.07, 6.45) is 1.73. The fourth-order valence-electron chi connectivity index (χ4n) is 3.46. The lowest BCUT2D eigenvalue weighted by Crippen LogP contribution is -2.49. The van der Waals surface area contributed by atoms with Gasteiger partial charge in [-0.1, -0.05) is 17.8 Å². The molecule has 156 valence electrons. The van der Waals surface area contributed by atoms with Gasteiger partial charge in [-0.2, -0.15) is 0 Å². The fraction of sp³-hybridized carbons (Fsp3) is 0.381. The Labute approximate surface area is 179 Å². The van der Waals surface area contributed by atoms with Gasteiger partial charge in [0.1, 0.15) is 10.6 Å². The Morgan fingerprint density at radius 2 is 1.80 bits per heavy atom. The van der Waals surface area contributed by atoms with Crippen molar-refractivity contribution in [3.8, 4) is 17.0 Å². The highest BCUT2D eigenvalue weighted by atomic mass is 32.1. The number of amides is 1. The molecule has 3 heterocycles. The molecule has 4 rings (SSSR count). The molecule has 0 N–H and O–H groups in total. The third kappa shape index (κ3) is 4.25. The molecule has 0 radical (unpaired) electrons. The van der Waals surface area contributed by atoms with Crippen LogP contribution in [0.3, 0.4) is 0 Å². The number of anilines is 1. The highest BCUT2D eigenvalue weighted by Crippen LogP contribution is 2.23. The van der Waals surface area contributed by atoms with E-state index in [2.05, 4.69) is 31.6 Å². The third-order valence-electron chi connectivity index (χ3n) is 5.16. The number of benzene rings is 1. The van der Waals surface area contributed by atoms with E-state index < -0.39 is 0 Å². The second kappa shape index (κ2) is 9.17. The molecule has 8 nitrogen and oxygen atoms in total. The van der Waals surface area contributed by atoms with Crippen LogP contribution in [-0.2, 0) is 6.42 Å². The number of hydrogen-bond acceptors (Lipinski definition) is 8. The number of carbonyl (C=O) groups is 1. The van der Waals surface area contributed by atoms with Crippen molar-refractivity contribution >= 4 is 23.3 Å². The summed E-state index contributed by atoms with van der Waals surface area (Å²) in [4.78, 5) is 17.6. The Balaban J connectivity index is 1.38. The molecule has 30 heavy (non-hydrogen) atoms. The zero-order valence-corrected chi connectivity index (χ0v) is 17.9. The first kappa shape index (κ1) is 20.2. The summed E-state index contributed by atoms with van der Waals surface area (Å²) in [5.41, 5.74) is 2.62. The number of rotatable bonds is 6. The Bertz CT molecular complexity index is 981. The summed E-state index contributed by atoms with van der Waals surface area (Å²) >= 11 is 1.19. The van der Waals surface area contributed by atoms with Gasteiger partial charge in [-0.3, -0.25) is 4.79 Å². The molecule has 2 aromatic heterocycles. The van der Waals surface area contributed by atoms with Crippen LogP contribution in [0.1, 0.15) is 28.7 Å². The van der Waals surface area contributed by atoms with Crippen LogP contribution >= 0.6 is 11.5 Å². The van der Waals surface area contributed by atoms with E-state index in [0.29, 0.717) is 18.0 Å². The van der Waals surface area contributed by atoms with E-state index in [9.17, 15) is 4.79 Å². The smallest absolute Gasteiger partial charge is 0.267 e. The lowest BCUT2D eigenvalue weighted by Gasteiger charge is -2.35. The zero-order chi connectivity index (χ0) is 20.9. The number of aryl methyl sites for hydroxylation is 1. The maximum atomic E-state index is 12.8. The Hall–Kier alpha value is -3.07. The summed E-state index contributed by atoms with van der Waals surface area (Å²) in [7, 11) is 1.65. The minimum absolute atomic E-state index is 0.0361. The Morgan fingerprint density at radius 3 is 2.43 bits per heavy atom. The van der Waals surface area contributed by atoms with Crippen LogP contribution in [0.4, 0.5) is 5.82 Å². The van der Waals surface area contributed by atoms with Gasteiger partial charge in [-0.05, 0) is 54.4 Å². The van der Waals surface area contributed by atoms with E-state index in [1.165, 1.54) is 11.5 Å². The topological polar surface area (TPSA) is 84.3 Å². The van der Waals surface area contributed by atoms with Gasteiger partial charge in [-0.15, -0.1) is 15.3 Å². The average molecular weight is 425 g/mol. The first-order valence-electron chi connectivity index (χ1n) is 10.0. The molecule has 1 aliphatic heterocycles. The normalized spacial score (nSPS) is 14.1. The van der Waals surface area contributed by atoms with Crippen LogP contribution in [0.5, 0.6) is 5.75 Å². The molecule has 3 aromatic rings. The standard InChI is InChI=1S/C21H24N6O2S/c1-3-4-18-20(30-25-23-18)21(28)27-13-11-26(12-14-27)19-10-9-17(22-24-19)15-5-7-16(29-2)8-6-15/h5-10H,3-4,11-14H2,1-2H3. The van der Waals surface area contributed by atoms with Gasteiger partial charge in [0.2, 0.25) is 0 Å². The largest absolute Gasteiger partial charge is 0.497 e. The second-order valence-electron chi connectivity index (χ2n) is 7.08. The minimum atomic E-state index is 0.0361. The van der Waals surface area contributed by atoms with Gasteiger partial charge in [0.25, 0.3) is 5.91 Å². The quantitative estimate of drug-likeness (QED) is 0.601. The van der Waals surface area contributed by atoms with Crippen molar-refractivity contribution in [2.24, 2.45) is 0 Å². The van der Waals surface area contributed by atoms with E-state index in [0.717, 1.165) is 54.4 Å². The number of nitrogens with zero attached hydrogens (tertiary/aromatic N) is 6. The van der Waals surface area contributed by atoms with Gasteiger partial charge in [0.05, 0.1) is 18.5 Å². The third-order valence-corrected chi connectivity index (χ3v) is 5.92. The molecule has 1 fully saturated rings. The number of methoxy groups -OCH3 is 1. The fourth-order valence-corrected chi connectivity index (χ4v) is 4.14. The van der Waals surface area contributed by atoms with E-state index in [1.807, 2.05) is 41.3 Å². The molecule has 0 saturated carbocycles. The first-order chi connectivity index (χ1) is 14.7. The van der Waals surface area contributed by atoms with Gasteiger partial charge < -0.3 is 14.5 Å². The molecule has 1 aromatic carbocycles. The SMILES string of the molecule is CCCc1nnsc1C(=O)N1CCN(c2ccc(-c3ccc(OC)cc3)nn2)CC1. The molecule has 0 spiro atoms. The van der Waals surface area contributed by atoms with Crippen LogP contribution in [0, 0.1) is 0 Å². The molecular weight excluding hydrogens is 400 g/mol. The van der Waals surface area contributed by atoms with Crippen molar-refractivity contribution < 1.29 is 9.53 Å². The zero-order valence-electron chi connectivity index (χ0n) is 17.1. The molecule has 0 bridgehead atoms. The van der Waals surface area contributed by atoms with Crippen molar-refractivity contribution in [3.63, 3.8) is 0 Å². The number of carbonyl (C=O) groups excluding carboxylic acids is 1. The van der Waals surface area contributed by atoms with E-state index in [4.69, 9.17) is 4.74 Å². The number of piperazine rings is 1. The molecule has 9 heteroatoms. The average Bonchev–Trinajstić information content (AvgIpc) is 3.27. The maximum absolute atomic E-state index is 12.8. The van der Waals surface area contributed by atoms with Crippen molar-refractivity contribution in [3.05, 3.63) is 47.0 Å². The number of aromatic nitrogens is 4. The molecule has 1 amide bonds. The van der Waals surface area contributed by atoms with Crippen LogP contribution in [0.2, 0.25) is 0 Å². The predicted molar refractivity (Wildman–Crippen MR) is 116 cm³/mol. The molecular formula is C21H24N6O2S. The van der Waals surface area contributed by atoms with E-state index in [-0.39, 0.29) is 5.91 Å². The van der Waals surface area contributed by atoms with Gasteiger partial charge in [0.15, 0.2) is 5.82 Å². The number of hydrogen-bond donors (Lipinski definition) is 0. The summed E-state index contributed by atoms with van der Waals surface area (Å²) in [6.45, 7) is 4.80. The number of ether oxygens (including phenoxy) is 1. The van der Waals surface area contributed by atoms with E-state index >= 15 is 0 Å². The van der Waals surface area contributed by atoms with Crippen LogP contribution in [-0.4, -0.2) is 63.9 Å². The maximum Gasteiger partial charge on any atom is 0.267 e. The van der Waals surface area contributed by atoms with Crippen LogP contribution in [0.15, 0.2) is 36.4 Å². The van der Waals surface area contributed by atoms with Gasteiger partial charge >= 0.3 is 0 Å². The molecule has 1 saturated heterocycles. The first-order valence-corrected chi connectivity index (χ1v) is 10.8. The molecule has 1 aliphatic rings. The van der Waals surface area contributed by atoms with Crippen molar-refractivity contribution in [1.82, 2.24) is 24.7 Å². The lowest BCUT2D eigenvalue weighted by molar-refractivity contribution is 0.0750. The van der Waals surface area contributed by atoms with Gasteiger partial charge in [-0.25, -0.2) is 0 Å². The van der Waals surface area contributed by atoms with Crippen molar-refractivity contribution in [2.75, 3.05) is 38.2 Å². The molecule has 0 atom stereocenters. The highest BCUT2D eigenvalue weighted by Gasteiger charge is 2.26. The minimum Gasteiger partial charge on any atom is -0.497 e. The predicted octanol–water partition coefficient (Wildman–Crippen LogP) is 2.92. The molecule has 0 unspecified atom stereocenters. The Kier molecular flexibility index (Phi) is 6.18. The summed E-state index contributed by atoms with van der Waals surface area (Å²) in [5.74, 6) is 1.67. The monoisotopic (exact) mass is 424 g/mol. The lowest BCUT2D eigenvalue weighted by atomic mass is 10.1. The summed E-state index contributed by atoms with van der Waals surface area (Å²) in [6, 6.07) is 11.7. The summed E-state index contributed by atoms with van der Waals surface area (Å²) < 4.78 is 9.16. The molecule has 0 aliphatic carbocycles. The van der Waals surface area contributed by atoms with Crippen LogP contribution in [0.25, 0.3) is 11.3 Å². The highest BCUT2D eigenvalue weighted by molar-refractivity contribution is 7.08. The second-order valence-corrected chi connectivity index (χ2v) is 7.84. The van der Waals surface area contributed by atoms with Crippen molar-refractivity contribution in [1.29, 1.82) is 0 Å². The van der Waals surface area contributed by atoms with E-state index in [1.54, 1.807) is 7.11 Å². The van der Waals surface area contributed by atoms with Crippen molar-refractivity contribution in [2.45, 2.75) is 19.8 Å². The van der Waals surface area contributed by atoms with Gasteiger partial charge in [0, 0.05) is 31.7 Å². The summed E-state index contributed by atoms with van der Waals surface area (Å²) in [5, 5.41) is 12.9.